The molecule has 0 bridgehead atoms. The first-order chi connectivity index (χ1) is 13.2. The Hall–Kier alpha value is -2.13. The van der Waals surface area contributed by atoms with Crippen molar-refractivity contribution in [2.24, 2.45) is 5.73 Å². The predicted molar refractivity (Wildman–Crippen MR) is 113 cm³/mol. The Balaban J connectivity index is 1.56. The van der Waals surface area contributed by atoms with E-state index in [4.69, 9.17) is 5.73 Å². The number of piperazine rings is 1. The molecule has 0 radical (unpaired) electrons. The van der Waals surface area contributed by atoms with E-state index < -0.39 is 0 Å². The molecular weight excluding hydrogens is 394 g/mol. The van der Waals surface area contributed by atoms with Crippen LogP contribution in [0.4, 0.5) is 5.13 Å². The first kappa shape index (κ1) is 20.6. The summed E-state index contributed by atoms with van der Waals surface area (Å²) in [5.41, 5.74) is 7.17. The van der Waals surface area contributed by atoms with Crippen molar-refractivity contribution >= 4 is 40.0 Å². The summed E-state index contributed by atoms with van der Waals surface area (Å²) in [6, 6.07) is 7.91. The minimum atomic E-state index is -0.371. The van der Waals surface area contributed by atoms with Crippen molar-refractivity contribution in [2.45, 2.75) is 30.5 Å². The third-order valence-corrected chi connectivity index (χ3v) is 6.71. The van der Waals surface area contributed by atoms with Crippen LogP contribution < -0.4 is 10.6 Å². The Morgan fingerprint density at radius 2 is 1.75 bits per heavy atom. The van der Waals surface area contributed by atoms with Crippen molar-refractivity contribution in [1.29, 1.82) is 0 Å². The van der Waals surface area contributed by atoms with Gasteiger partial charge in [-0.3, -0.25) is 9.59 Å². The minimum absolute atomic E-state index is 0.0649. The van der Waals surface area contributed by atoms with Gasteiger partial charge in [-0.15, -0.1) is 10.2 Å². The molecule has 1 aromatic carbocycles. The van der Waals surface area contributed by atoms with Crippen LogP contribution in [0, 0.1) is 0 Å². The van der Waals surface area contributed by atoms with E-state index in [1.54, 1.807) is 0 Å². The summed E-state index contributed by atoms with van der Waals surface area (Å²) < 4.78 is 0.728. The summed E-state index contributed by atoms with van der Waals surface area (Å²) in [5.74, 6) is -0.107. The molecule has 1 saturated heterocycles. The maximum atomic E-state index is 12.8. The smallest absolute Gasteiger partial charge is 0.253 e. The maximum Gasteiger partial charge on any atom is 0.253 e. The zero-order chi connectivity index (χ0) is 20.3. The van der Waals surface area contributed by atoms with Crippen LogP contribution in [0.2, 0.25) is 0 Å². The minimum Gasteiger partial charge on any atom is -0.369 e. The molecule has 2 heterocycles. The number of amides is 2. The second-order valence-electron chi connectivity index (χ2n) is 7.71. The summed E-state index contributed by atoms with van der Waals surface area (Å²) in [6.07, 6.45) is 0. The van der Waals surface area contributed by atoms with Gasteiger partial charge in [0.2, 0.25) is 11.0 Å². The Bertz CT molecular complexity index is 837. The highest BCUT2D eigenvalue weighted by atomic mass is 32.2. The Morgan fingerprint density at radius 3 is 2.32 bits per heavy atom. The highest BCUT2D eigenvalue weighted by Crippen LogP contribution is 2.28. The van der Waals surface area contributed by atoms with Crippen LogP contribution in [-0.4, -0.2) is 58.8 Å². The van der Waals surface area contributed by atoms with Crippen LogP contribution in [0.5, 0.6) is 0 Å². The van der Waals surface area contributed by atoms with Gasteiger partial charge in [-0.25, -0.2) is 0 Å². The first-order valence-corrected chi connectivity index (χ1v) is 10.9. The van der Waals surface area contributed by atoms with E-state index in [1.807, 2.05) is 29.2 Å². The Morgan fingerprint density at radius 1 is 1.11 bits per heavy atom. The summed E-state index contributed by atoms with van der Waals surface area (Å²) in [5, 5.41) is 9.10. The van der Waals surface area contributed by atoms with E-state index in [0.717, 1.165) is 15.0 Å². The lowest BCUT2D eigenvalue weighted by molar-refractivity contribution is -0.115. The standard InChI is InChI=1S/C19H25N5O2S2/c1-19(2,3)14-6-4-13(5-7-14)16(26)23-8-10-24(11-9-23)17-21-22-18(28-17)27-12-15(20)25/h4-7H,8-12H2,1-3H3,(H2,20,25). The third-order valence-electron chi connectivity index (χ3n) is 4.57. The maximum absolute atomic E-state index is 12.8. The SMILES string of the molecule is CC(C)(C)c1ccc(C(=O)N2CCN(c3nnc(SCC(N)=O)s3)CC2)cc1. The Kier molecular flexibility index (Phi) is 6.24. The molecule has 9 heteroatoms. The van der Waals surface area contributed by atoms with Crippen LogP contribution in [0.15, 0.2) is 28.6 Å². The van der Waals surface area contributed by atoms with Crippen molar-refractivity contribution < 1.29 is 9.59 Å². The normalized spacial score (nSPS) is 15.0. The summed E-state index contributed by atoms with van der Waals surface area (Å²) >= 11 is 2.74. The van der Waals surface area contributed by atoms with Gasteiger partial charge in [-0.1, -0.05) is 56.0 Å². The van der Waals surface area contributed by atoms with Gasteiger partial charge in [-0.2, -0.15) is 0 Å². The topological polar surface area (TPSA) is 92.4 Å². The molecule has 0 saturated carbocycles. The molecule has 0 unspecified atom stereocenters. The van der Waals surface area contributed by atoms with Crippen LogP contribution in [0.25, 0.3) is 0 Å². The summed E-state index contributed by atoms with van der Waals surface area (Å²) in [6.45, 7) is 9.19. The van der Waals surface area contributed by atoms with Crippen LogP contribution in [-0.2, 0) is 10.2 Å². The molecule has 1 aromatic heterocycles. The summed E-state index contributed by atoms with van der Waals surface area (Å²) in [7, 11) is 0. The molecule has 1 fully saturated rings. The fourth-order valence-electron chi connectivity index (χ4n) is 2.92. The van der Waals surface area contributed by atoms with Crippen molar-refractivity contribution in [3.05, 3.63) is 35.4 Å². The lowest BCUT2D eigenvalue weighted by atomic mass is 9.86. The monoisotopic (exact) mass is 419 g/mol. The zero-order valence-electron chi connectivity index (χ0n) is 16.3. The highest BCUT2D eigenvalue weighted by Gasteiger charge is 2.24. The highest BCUT2D eigenvalue weighted by molar-refractivity contribution is 8.01. The Labute approximate surface area is 173 Å². The molecule has 150 valence electrons. The predicted octanol–water partition coefficient (Wildman–Crippen LogP) is 2.38. The quantitative estimate of drug-likeness (QED) is 0.748. The van der Waals surface area contributed by atoms with Gasteiger partial charge in [0, 0.05) is 31.7 Å². The first-order valence-electron chi connectivity index (χ1n) is 9.13. The van der Waals surface area contributed by atoms with Crippen molar-refractivity contribution in [3.63, 3.8) is 0 Å². The second-order valence-corrected chi connectivity index (χ2v) is 9.89. The molecule has 0 spiro atoms. The molecule has 7 nitrogen and oxygen atoms in total. The number of primary amides is 1. The number of nitrogens with two attached hydrogens (primary N) is 1. The lowest BCUT2D eigenvalue weighted by Gasteiger charge is -2.34. The van der Waals surface area contributed by atoms with Gasteiger partial charge < -0.3 is 15.5 Å². The van der Waals surface area contributed by atoms with E-state index in [0.29, 0.717) is 26.2 Å². The number of carbonyl (C=O) groups excluding carboxylic acids is 2. The van der Waals surface area contributed by atoms with Crippen LogP contribution in [0.1, 0.15) is 36.7 Å². The molecule has 1 aliphatic heterocycles. The number of anilines is 1. The zero-order valence-corrected chi connectivity index (χ0v) is 18.0. The molecular formula is C19H25N5O2S2. The lowest BCUT2D eigenvalue weighted by Crippen LogP contribution is -2.48. The summed E-state index contributed by atoms with van der Waals surface area (Å²) in [4.78, 5) is 27.7. The van der Waals surface area contributed by atoms with Gasteiger partial charge in [0.1, 0.15) is 0 Å². The number of carbonyl (C=O) groups is 2. The second kappa shape index (κ2) is 8.48. The van der Waals surface area contributed by atoms with Crippen LogP contribution >= 0.6 is 23.1 Å². The van der Waals surface area contributed by atoms with Gasteiger partial charge in [0.25, 0.3) is 5.91 Å². The van der Waals surface area contributed by atoms with Gasteiger partial charge >= 0.3 is 0 Å². The van der Waals surface area contributed by atoms with Crippen molar-refractivity contribution in [3.8, 4) is 0 Å². The third kappa shape index (κ3) is 5.02. The number of hydrogen-bond donors (Lipinski definition) is 1. The van der Waals surface area contributed by atoms with Crippen LogP contribution in [0.3, 0.4) is 0 Å². The average molecular weight is 420 g/mol. The van der Waals surface area contributed by atoms with E-state index in [9.17, 15) is 9.59 Å². The van der Waals surface area contributed by atoms with Crippen molar-refractivity contribution in [1.82, 2.24) is 15.1 Å². The largest absolute Gasteiger partial charge is 0.369 e. The fourth-order valence-corrected chi connectivity index (χ4v) is 4.55. The number of hydrogen-bond acceptors (Lipinski definition) is 7. The number of benzene rings is 1. The number of rotatable bonds is 5. The number of aromatic nitrogens is 2. The van der Waals surface area contributed by atoms with Crippen molar-refractivity contribution in [2.75, 3.05) is 36.8 Å². The fraction of sp³-hybridized carbons (Fsp3) is 0.474. The number of nitrogens with zero attached hydrogens (tertiary/aromatic N) is 4. The molecule has 2 amide bonds. The molecule has 3 rings (SSSR count). The average Bonchev–Trinajstić information content (AvgIpc) is 3.14. The van der Waals surface area contributed by atoms with E-state index in [2.05, 4.69) is 35.9 Å². The van der Waals surface area contributed by atoms with E-state index >= 15 is 0 Å². The molecule has 2 N–H and O–H groups in total. The van der Waals surface area contributed by atoms with E-state index in [-0.39, 0.29) is 23.0 Å². The molecule has 2 aromatic rings. The van der Waals surface area contributed by atoms with Gasteiger partial charge in [0.05, 0.1) is 5.75 Å². The van der Waals surface area contributed by atoms with Gasteiger partial charge in [0.15, 0.2) is 4.34 Å². The molecule has 1 aliphatic rings. The molecule has 0 atom stereocenters. The molecule has 0 aliphatic carbocycles. The number of thioether (sulfide) groups is 1. The van der Waals surface area contributed by atoms with E-state index in [1.165, 1.54) is 28.7 Å². The van der Waals surface area contributed by atoms with Gasteiger partial charge in [-0.05, 0) is 23.1 Å². The molecule has 28 heavy (non-hydrogen) atoms.